The van der Waals surface area contributed by atoms with Crippen molar-refractivity contribution in [3.8, 4) is 11.5 Å². The summed E-state index contributed by atoms with van der Waals surface area (Å²) in [7, 11) is 0. The highest BCUT2D eigenvalue weighted by Crippen LogP contribution is 2.27. The SMILES string of the molecule is CC1(Oc2ccncc2)CCN(CCOc2ccccc2)C1. The Morgan fingerprint density at radius 2 is 1.86 bits per heavy atom. The molecule has 22 heavy (non-hydrogen) atoms. The average Bonchev–Trinajstić information content (AvgIpc) is 2.90. The van der Waals surface area contributed by atoms with Gasteiger partial charge in [0.05, 0.1) is 0 Å². The minimum Gasteiger partial charge on any atom is -0.492 e. The van der Waals surface area contributed by atoms with Gasteiger partial charge in [-0.3, -0.25) is 9.88 Å². The number of hydrogen-bond donors (Lipinski definition) is 0. The van der Waals surface area contributed by atoms with Gasteiger partial charge in [-0.15, -0.1) is 0 Å². The van der Waals surface area contributed by atoms with E-state index in [1.165, 1.54) is 0 Å². The summed E-state index contributed by atoms with van der Waals surface area (Å²) in [6, 6.07) is 13.8. The monoisotopic (exact) mass is 298 g/mol. The summed E-state index contributed by atoms with van der Waals surface area (Å²) in [5.41, 5.74) is -0.131. The van der Waals surface area contributed by atoms with Gasteiger partial charge in [0.1, 0.15) is 23.7 Å². The largest absolute Gasteiger partial charge is 0.492 e. The quantitative estimate of drug-likeness (QED) is 0.821. The maximum Gasteiger partial charge on any atom is 0.123 e. The lowest BCUT2D eigenvalue weighted by Crippen LogP contribution is -2.37. The maximum absolute atomic E-state index is 6.14. The fraction of sp³-hybridized carbons (Fsp3) is 0.389. The molecule has 1 saturated heterocycles. The van der Waals surface area contributed by atoms with E-state index in [9.17, 15) is 0 Å². The fourth-order valence-electron chi connectivity index (χ4n) is 2.80. The molecule has 4 nitrogen and oxygen atoms in total. The van der Waals surface area contributed by atoms with Crippen LogP contribution < -0.4 is 9.47 Å². The molecule has 2 aromatic rings. The molecule has 1 atom stereocenters. The number of likely N-dealkylation sites (tertiary alicyclic amines) is 1. The number of para-hydroxylation sites is 1. The lowest BCUT2D eigenvalue weighted by molar-refractivity contribution is 0.0934. The number of rotatable bonds is 6. The summed E-state index contributed by atoms with van der Waals surface area (Å²) in [5.74, 6) is 1.82. The number of aromatic nitrogens is 1. The van der Waals surface area contributed by atoms with Crippen molar-refractivity contribution in [2.24, 2.45) is 0 Å². The number of hydrogen-bond acceptors (Lipinski definition) is 4. The van der Waals surface area contributed by atoms with Crippen molar-refractivity contribution in [3.63, 3.8) is 0 Å². The van der Waals surface area contributed by atoms with Gasteiger partial charge in [0.2, 0.25) is 0 Å². The second-order valence-corrected chi connectivity index (χ2v) is 5.92. The first kappa shape index (κ1) is 14.9. The van der Waals surface area contributed by atoms with Gasteiger partial charge in [0.25, 0.3) is 0 Å². The minimum atomic E-state index is -0.131. The van der Waals surface area contributed by atoms with Crippen LogP contribution in [-0.4, -0.2) is 41.7 Å². The molecule has 0 aliphatic carbocycles. The van der Waals surface area contributed by atoms with Crippen LogP contribution in [0.15, 0.2) is 54.9 Å². The molecule has 0 radical (unpaired) electrons. The Labute approximate surface area is 131 Å². The van der Waals surface area contributed by atoms with E-state index in [2.05, 4.69) is 16.8 Å². The summed E-state index contributed by atoms with van der Waals surface area (Å²) in [5, 5.41) is 0. The highest BCUT2D eigenvalue weighted by molar-refractivity contribution is 5.21. The Bertz CT molecular complexity index is 576. The molecule has 4 heteroatoms. The van der Waals surface area contributed by atoms with E-state index in [1.807, 2.05) is 42.5 Å². The van der Waals surface area contributed by atoms with E-state index < -0.39 is 0 Å². The van der Waals surface area contributed by atoms with Gasteiger partial charge in [-0.1, -0.05) is 18.2 Å². The summed E-state index contributed by atoms with van der Waals surface area (Å²) in [6.45, 7) is 5.76. The molecular weight excluding hydrogens is 276 g/mol. The standard InChI is InChI=1S/C18H22N2O2/c1-18(22-17-7-10-19-11-8-17)9-12-20(15-18)13-14-21-16-5-3-2-4-6-16/h2-8,10-11H,9,12-15H2,1H3. The molecule has 2 heterocycles. The zero-order valence-corrected chi connectivity index (χ0v) is 12.9. The van der Waals surface area contributed by atoms with Gasteiger partial charge in [0.15, 0.2) is 0 Å². The lowest BCUT2D eigenvalue weighted by Gasteiger charge is -2.26. The van der Waals surface area contributed by atoms with E-state index in [0.717, 1.165) is 37.6 Å². The van der Waals surface area contributed by atoms with Gasteiger partial charge in [-0.25, -0.2) is 0 Å². The molecule has 0 N–H and O–H groups in total. The fourth-order valence-corrected chi connectivity index (χ4v) is 2.80. The third-order valence-electron chi connectivity index (χ3n) is 3.95. The van der Waals surface area contributed by atoms with Crippen LogP contribution in [0.3, 0.4) is 0 Å². The van der Waals surface area contributed by atoms with Gasteiger partial charge in [0, 0.05) is 38.4 Å². The third-order valence-corrected chi connectivity index (χ3v) is 3.95. The van der Waals surface area contributed by atoms with Crippen molar-refractivity contribution in [3.05, 3.63) is 54.9 Å². The predicted molar refractivity (Wildman–Crippen MR) is 86.3 cm³/mol. The van der Waals surface area contributed by atoms with E-state index in [-0.39, 0.29) is 5.60 Å². The second kappa shape index (κ2) is 6.79. The Morgan fingerprint density at radius 1 is 1.09 bits per heavy atom. The van der Waals surface area contributed by atoms with Crippen molar-refractivity contribution in [1.29, 1.82) is 0 Å². The van der Waals surface area contributed by atoms with Gasteiger partial charge < -0.3 is 9.47 Å². The molecule has 1 aliphatic heterocycles. The van der Waals surface area contributed by atoms with E-state index in [4.69, 9.17) is 9.47 Å². The Hall–Kier alpha value is -2.07. The first-order valence-corrected chi connectivity index (χ1v) is 7.73. The Morgan fingerprint density at radius 3 is 2.64 bits per heavy atom. The van der Waals surface area contributed by atoms with Crippen LogP contribution in [0.1, 0.15) is 13.3 Å². The third kappa shape index (κ3) is 3.98. The summed E-state index contributed by atoms with van der Waals surface area (Å²) >= 11 is 0. The van der Waals surface area contributed by atoms with Crippen LogP contribution in [0.25, 0.3) is 0 Å². The van der Waals surface area contributed by atoms with Crippen LogP contribution in [0.4, 0.5) is 0 Å². The number of nitrogens with zero attached hydrogens (tertiary/aromatic N) is 2. The van der Waals surface area contributed by atoms with Gasteiger partial charge in [-0.05, 0) is 31.2 Å². The molecule has 1 aromatic carbocycles. The average molecular weight is 298 g/mol. The number of ether oxygens (including phenoxy) is 2. The maximum atomic E-state index is 6.14. The molecule has 0 saturated carbocycles. The van der Waals surface area contributed by atoms with E-state index in [1.54, 1.807) is 12.4 Å². The number of benzene rings is 1. The molecule has 3 rings (SSSR count). The minimum absolute atomic E-state index is 0.131. The Kier molecular flexibility index (Phi) is 4.59. The van der Waals surface area contributed by atoms with E-state index >= 15 is 0 Å². The molecule has 1 unspecified atom stereocenters. The first-order valence-electron chi connectivity index (χ1n) is 7.73. The highest BCUT2D eigenvalue weighted by Gasteiger charge is 2.35. The summed E-state index contributed by atoms with van der Waals surface area (Å²) in [4.78, 5) is 6.41. The van der Waals surface area contributed by atoms with Crippen molar-refractivity contribution >= 4 is 0 Å². The predicted octanol–water partition coefficient (Wildman–Crippen LogP) is 3.00. The van der Waals surface area contributed by atoms with Crippen molar-refractivity contribution in [2.45, 2.75) is 18.9 Å². The zero-order chi connectivity index (χ0) is 15.3. The molecule has 0 bridgehead atoms. The molecule has 0 amide bonds. The summed E-state index contributed by atoms with van der Waals surface area (Å²) < 4.78 is 11.9. The van der Waals surface area contributed by atoms with E-state index in [0.29, 0.717) is 6.61 Å². The van der Waals surface area contributed by atoms with Gasteiger partial charge in [-0.2, -0.15) is 0 Å². The van der Waals surface area contributed by atoms with Crippen molar-refractivity contribution in [2.75, 3.05) is 26.2 Å². The summed E-state index contributed by atoms with van der Waals surface area (Å²) in [6.07, 6.45) is 4.55. The smallest absolute Gasteiger partial charge is 0.123 e. The normalized spacial score (nSPS) is 21.7. The molecule has 1 fully saturated rings. The van der Waals surface area contributed by atoms with Crippen LogP contribution in [-0.2, 0) is 0 Å². The topological polar surface area (TPSA) is 34.6 Å². The second-order valence-electron chi connectivity index (χ2n) is 5.92. The van der Waals surface area contributed by atoms with Crippen LogP contribution >= 0.6 is 0 Å². The molecule has 1 aliphatic rings. The van der Waals surface area contributed by atoms with Crippen molar-refractivity contribution < 1.29 is 9.47 Å². The van der Waals surface area contributed by atoms with Crippen LogP contribution in [0, 0.1) is 0 Å². The Balaban J connectivity index is 1.45. The lowest BCUT2D eigenvalue weighted by atomic mass is 10.1. The van der Waals surface area contributed by atoms with Crippen LogP contribution in [0.5, 0.6) is 11.5 Å². The van der Waals surface area contributed by atoms with Crippen molar-refractivity contribution in [1.82, 2.24) is 9.88 Å². The van der Waals surface area contributed by atoms with Gasteiger partial charge >= 0.3 is 0 Å². The first-order chi connectivity index (χ1) is 10.7. The molecule has 116 valence electrons. The highest BCUT2D eigenvalue weighted by atomic mass is 16.5. The molecule has 1 aromatic heterocycles. The molecular formula is C18H22N2O2. The number of pyridine rings is 1. The molecule has 0 spiro atoms. The zero-order valence-electron chi connectivity index (χ0n) is 12.9. The van der Waals surface area contributed by atoms with Crippen LogP contribution in [0.2, 0.25) is 0 Å².